The highest BCUT2D eigenvalue weighted by Crippen LogP contribution is 2.32. The quantitative estimate of drug-likeness (QED) is 0.726. The Morgan fingerprint density at radius 1 is 0.800 bits per heavy atom. The Kier molecular flexibility index (Phi) is 5.32. The van der Waals surface area contributed by atoms with Gasteiger partial charge in [0, 0.05) is 6.54 Å². The molecule has 0 saturated heterocycles. The van der Waals surface area contributed by atoms with Gasteiger partial charge in [0.2, 0.25) is 0 Å². The zero-order chi connectivity index (χ0) is 17.5. The summed E-state index contributed by atoms with van der Waals surface area (Å²) >= 11 is 0. The molecule has 0 unspecified atom stereocenters. The molecule has 0 bridgehead atoms. The van der Waals surface area contributed by atoms with Crippen LogP contribution in [-0.2, 0) is 6.54 Å². The minimum absolute atomic E-state index is 0.186. The van der Waals surface area contributed by atoms with E-state index >= 15 is 0 Å². The van der Waals surface area contributed by atoms with Gasteiger partial charge in [-0.25, -0.2) is 0 Å². The highest BCUT2D eigenvalue weighted by atomic mass is 16.5. The van der Waals surface area contributed by atoms with Gasteiger partial charge >= 0.3 is 0 Å². The maximum Gasteiger partial charge on any atom is 0.255 e. The Bertz CT molecular complexity index is 847. The average Bonchev–Trinajstić information content (AvgIpc) is 2.68. The van der Waals surface area contributed by atoms with Gasteiger partial charge in [0.15, 0.2) is 11.5 Å². The minimum Gasteiger partial charge on any atom is -0.493 e. The fraction of sp³-hybridized carbons (Fsp3) is 0.0952. The number of nitrogens with one attached hydrogen (secondary N) is 1. The van der Waals surface area contributed by atoms with Gasteiger partial charge in [-0.3, -0.25) is 4.79 Å². The van der Waals surface area contributed by atoms with E-state index in [0.717, 1.165) is 5.56 Å². The molecule has 0 saturated carbocycles. The number of methoxy groups -OCH3 is 1. The summed E-state index contributed by atoms with van der Waals surface area (Å²) in [4.78, 5) is 12.6. The molecule has 0 spiro atoms. The minimum atomic E-state index is -0.186. The van der Waals surface area contributed by atoms with Gasteiger partial charge in [-0.1, -0.05) is 54.6 Å². The van der Waals surface area contributed by atoms with E-state index in [4.69, 9.17) is 9.47 Å². The van der Waals surface area contributed by atoms with Gasteiger partial charge in [0.05, 0.1) is 12.7 Å². The maximum absolute atomic E-state index is 12.6. The van der Waals surface area contributed by atoms with Crippen LogP contribution in [0.1, 0.15) is 15.9 Å². The third kappa shape index (κ3) is 4.18. The maximum atomic E-state index is 12.6. The number of hydrogen-bond acceptors (Lipinski definition) is 3. The Hall–Kier alpha value is -3.27. The van der Waals surface area contributed by atoms with Crippen LogP contribution in [0.5, 0.6) is 17.2 Å². The first-order chi connectivity index (χ1) is 12.3. The molecule has 0 fully saturated rings. The lowest BCUT2D eigenvalue weighted by atomic mass is 10.1. The first-order valence-corrected chi connectivity index (χ1v) is 8.00. The second-order valence-electron chi connectivity index (χ2n) is 5.42. The van der Waals surface area contributed by atoms with Crippen molar-refractivity contribution >= 4 is 5.91 Å². The number of benzene rings is 3. The van der Waals surface area contributed by atoms with Crippen LogP contribution in [-0.4, -0.2) is 13.0 Å². The lowest BCUT2D eigenvalue weighted by Gasteiger charge is -2.13. The number of rotatable bonds is 6. The van der Waals surface area contributed by atoms with E-state index in [1.54, 1.807) is 25.3 Å². The monoisotopic (exact) mass is 333 g/mol. The molecule has 3 aromatic carbocycles. The van der Waals surface area contributed by atoms with Gasteiger partial charge in [-0.05, 0) is 29.8 Å². The summed E-state index contributed by atoms with van der Waals surface area (Å²) in [7, 11) is 1.58. The molecule has 126 valence electrons. The van der Waals surface area contributed by atoms with E-state index < -0.39 is 0 Å². The number of amides is 1. The van der Waals surface area contributed by atoms with Crippen molar-refractivity contribution in [1.29, 1.82) is 0 Å². The van der Waals surface area contributed by atoms with Crippen LogP contribution in [0.15, 0.2) is 78.9 Å². The van der Waals surface area contributed by atoms with Crippen molar-refractivity contribution in [3.05, 3.63) is 90.0 Å². The van der Waals surface area contributed by atoms with Gasteiger partial charge in [-0.2, -0.15) is 0 Å². The van der Waals surface area contributed by atoms with Crippen LogP contribution in [0, 0.1) is 0 Å². The molecule has 3 aromatic rings. The van der Waals surface area contributed by atoms with E-state index in [1.807, 2.05) is 60.7 Å². The number of carbonyl (C=O) groups excluding carboxylic acids is 1. The van der Waals surface area contributed by atoms with E-state index in [9.17, 15) is 4.79 Å². The largest absolute Gasteiger partial charge is 0.493 e. The van der Waals surface area contributed by atoms with Crippen LogP contribution in [0.3, 0.4) is 0 Å². The smallest absolute Gasteiger partial charge is 0.255 e. The molecule has 0 atom stereocenters. The summed E-state index contributed by atoms with van der Waals surface area (Å²) in [6, 6.07) is 24.3. The molecular weight excluding hydrogens is 314 g/mol. The molecule has 1 N–H and O–H groups in total. The van der Waals surface area contributed by atoms with Crippen LogP contribution < -0.4 is 14.8 Å². The van der Waals surface area contributed by atoms with Gasteiger partial charge in [0.1, 0.15) is 5.75 Å². The van der Waals surface area contributed by atoms with Crippen LogP contribution in [0.4, 0.5) is 0 Å². The normalized spacial score (nSPS) is 10.1. The molecule has 0 aromatic heterocycles. The predicted octanol–water partition coefficient (Wildman–Crippen LogP) is 4.42. The summed E-state index contributed by atoms with van der Waals surface area (Å²) in [6.07, 6.45) is 0. The predicted molar refractivity (Wildman–Crippen MR) is 97.1 cm³/mol. The molecule has 0 aliphatic carbocycles. The van der Waals surface area contributed by atoms with E-state index in [1.165, 1.54) is 0 Å². The highest BCUT2D eigenvalue weighted by molar-refractivity contribution is 5.97. The average molecular weight is 333 g/mol. The summed E-state index contributed by atoms with van der Waals surface area (Å²) in [5.74, 6) is 1.47. The van der Waals surface area contributed by atoms with Crippen molar-refractivity contribution in [3.63, 3.8) is 0 Å². The Morgan fingerprint density at radius 2 is 1.40 bits per heavy atom. The molecule has 4 heteroatoms. The van der Waals surface area contributed by atoms with E-state index in [-0.39, 0.29) is 5.91 Å². The SMILES string of the molecule is COc1ccccc1Oc1ccccc1C(=O)NCc1ccccc1. The van der Waals surface area contributed by atoms with E-state index in [0.29, 0.717) is 29.4 Å². The summed E-state index contributed by atoms with van der Waals surface area (Å²) in [5.41, 5.74) is 1.52. The summed E-state index contributed by atoms with van der Waals surface area (Å²) < 4.78 is 11.2. The van der Waals surface area contributed by atoms with Gasteiger partial charge in [0.25, 0.3) is 5.91 Å². The standard InChI is InChI=1S/C21H19NO3/c1-24-19-13-7-8-14-20(19)25-18-12-6-5-11-17(18)21(23)22-15-16-9-3-2-4-10-16/h2-14H,15H2,1H3,(H,22,23). The third-order valence-corrected chi connectivity index (χ3v) is 3.72. The molecule has 25 heavy (non-hydrogen) atoms. The zero-order valence-electron chi connectivity index (χ0n) is 13.9. The van der Waals surface area contributed by atoms with Gasteiger partial charge in [-0.15, -0.1) is 0 Å². The van der Waals surface area contributed by atoms with Crippen molar-refractivity contribution in [2.75, 3.05) is 7.11 Å². The van der Waals surface area contributed by atoms with Crippen LogP contribution >= 0.6 is 0 Å². The fourth-order valence-electron chi connectivity index (χ4n) is 2.44. The summed E-state index contributed by atoms with van der Waals surface area (Å²) in [6.45, 7) is 0.461. The molecule has 4 nitrogen and oxygen atoms in total. The van der Waals surface area contributed by atoms with Crippen molar-refractivity contribution < 1.29 is 14.3 Å². The number of hydrogen-bond donors (Lipinski definition) is 1. The molecule has 3 rings (SSSR count). The lowest BCUT2D eigenvalue weighted by Crippen LogP contribution is -2.23. The van der Waals surface area contributed by atoms with Gasteiger partial charge < -0.3 is 14.8 Å². The van der Waals surface area contributed by atoms with Crippen molar-refractivity contribution in [2.24, 2.45) is 0 Å². The van der Waals surface area contributed by atoms with Crippen molar-refractivity contribution in [3.8, 4) is 17.2 Å². The lowest BCUT2D eigenvalue weighted by molar-refractivity contribution is 0.0948. The third-order valence-electron chi connectivity index (χ3n) is 3.72. The molecule has 0 aliphatic rings. The number of ether oxygens (including phenoxy) is 2. The van der Waals surface area contributed by atoms with Crippen molar-refractivity contribution in [2.45, 2.75) is 6.54 Å². The van der Waals surface area contributed by atoms with Crippen molar-refractivity contribution in [1.82, 2.24) is 5.32 Å². The molecular formula is C21H19NO3. The van der Waals surface area contributed by atoms with E-state index in [2.05, 4.69) is 5.32 Å². The topological polar surface area (TPSA) is 47.6 Å². The second-order valence-corrected chi connectivity index (χ2v) is 5.42. The summed E-state index contributed by atoms with van der Waals surface area (Å²) in [5, 5.41) is 2.92. The molecule has 1 amide bonds. The number of para-hydroxylation sites is 3. The molecule has 0 heterocycles. The molecule has 0 radical (unpaired) electrons. The molecule has 0 aliphatic heterocycles. The Labute approximate surface area is 147 Å². The number of carbonyl (C=O) groups is 1. The van der Waals surface area contributed by atoms with Crippen LogP contribution in [0.2, 0.25) is 0 Å². The van der Waals surface area contributed by atoms with Crippen LogP contribution in [0.25, 0.3) is 0 Å². The first-order valence-electron chi connectivity index (χ1n) is 8.00. The Balaban J connectivity index is 1.77. The fourth-order valence-corrected chi connectivity index (χ4v) is 2.44. The first kappa shape index (κ1) is 16.6. The highest BCUT2D eigenvalue weighted by Gasteiger charge is 2.14. The Morgan fingerprint density at radius 3 is 2.12 bits per heavy atom. The zero-order valence-corrected chi connectivity index (χ0v) is 13.9. The second kappa shape index (κ2) is 8.02.